The van der Waals surface area contributed by atoms with Gasteiger partial charge in [0.15, 0.2) is 0 Å². The number of H-pyrrole nitrogens is 1. The van der Waals surface area contributed by atoms with E-state index in [2.05, 4.69) is 25.4 Å². The molecule has 7 nitrogen and oxygen atoms in total. The molecule has 1 aliphatic rings. The summed E-state index contributed by atoms with van der Waals surface area (Å²) in [7, 11) is 1.93. The average molecular weight is 470 g/mol. The van der Waals surface area contributed by atoms with Gasteiger partial charge in [-0.1, -0.05) is 31.5 Å². The molecule has 0 unspecified atom stereocenters. The van der Waals surface area contributed by atoms with Crippen molar-refractivity contribution >= 4 is 10.9 Å². The van der Waals surface area contributed by atoms with Gasteiger partial charge in [-0.05, 0) is 36.5 Å². The highest BCUT2D eigenvalue weighted by molar-refractivity contribution is 5.94. The Morgan fingerprint density at radius 1 is 1.24 bits per heavy atom. The van der Waals surface area contributed by atoms with Crippen molar-refractivity contribution in [3.63, 3.8) is 0 Å². The molecular weight excluding hydrogens is 443 g/mol. The van der Waals surface area contributed by atoms with Crippen molar-refractivity contribution in [3.8, 4) is 11.3 Å². The minimum absolute atomic E-state index is 0.0617. The Bertz CT molecular complexity index is 1320. The lowest BCUT2D eigenvalue weighted by molar-refractivity contribution is -0.141. The number of alkyl halides is 3. The highest BCUT2D eigenvalue weighted by Crippen LogP contribution is 2.43. The van der Waals surface area contributed by atoms with Crippen LogP contribution in [0.5, 0.6) is 0 Å². The third-order valence-corrected chi connectivity index (χ3v) is 6.86. The van der Waals surface area contributed by atoms with E-state index in [1.54, 1.807) is 13.3 Å². The third-order valence-electron chi connectivity index (χ3n) is 6.86. The Morgan fingerprint density at radius 3 is 2.65 bits per heavy atom. The monoisotopic (exact) mass is 469 g/mol. The van der Waals surface area contributed by atoms with Crippen LogP contribution in [0.3, 0.4) is 0 Å². The SMILES string of the molecule is C[C@@H](CN)c1nc(C(F)(F)F)cc2c(-c3cccc([C@H](c4nncn4C)C4CCC4)c3)n[nH]c12. The summed E-state index contributed by atoms with van der Waals surface area (Å²) in [6.07, 6.45) is 0.506. The van der Waals surface area contributed by atoms with E-state index in [1.807, 2.05) is 35.9 Å². The Hall–Kier alpha value is -3.27. The first-order chi connectivity index (χ1) is 16.3. The molecule has 0 spiro atoms. The van der Waals surface area contributed by atoms with Crippen LogP contribution in [0.4, 0.5) is 13.2 Å². The minimum Gasteiger partial charge on any atom is -0.330 e. The highest BCUT2D eigenvalue weighted by Gasteiger charge is 2.35. The van der Waals surface area contributed by atoms with Crippen LogP contribution in [0, 0.1) is 5.92 Å². The molecule has 3 N–H and O–H groups in total. The van der Waals surface area contributed by atoms with Gasteiger partial charge in [-0.3, -0.25) is 5.10 Å². The quantitative estimate of drug-likeness (QED) is 0.424. The Kier molecular flexibility index (Phi) is 5.63. The predicted molar refractivity (Wildman–Crippen MR) is 122 cm³/mol. The van der Waals surface area contributed by atoms with Crippen molar-refractivity contribution in [3.05, 3.63) is 59.4 Å². The van der Waals surface area contributed by atoms with Crippen LogP contribution < -0.4 is 5.73 Å². The predicted octanol–water partition coefficient (Wildman–Crippen LogP) is 4.77. The summed E-state index contributed by atoms with van der Waals surface area (Å²) in [5, 5.41) is 16.1. The topological polar surface area (TPSA) is 98.3 Å². The maximum Gasteiger partial charge on any atom is 0.433 e. The van der Waals surface area contributed by atoms with Crippen LogP contribution in [-0.4, -0.2) is 36.5 Å². The summed E-state index contributed by atoms with van der Waals surface area (Å²) < 4.78 is 42.9. The Labute approximate surface area is 194 Å². The van der Waals surface area contributed by atoms with Crippen molar-refractivity contribution in [2.24, 2.45) is 18.7 Å². The number of nitrogens with zero attached hydrogens (tertiary/aromatic N) is 5. The second-order valence-electron chi connectivity index (χ2n) is 9.12. The summed E-state index contributed by atoms with van der Waals surface area (Å²) in [6.45, 7) is 1.93. The number of hydrogen-bond donors (Lipinski definition) is 2. The smallest absolute Gasteiger partial charge is 0.330 e. The number of pyridine rings is 1. The zero-order chi connectivity index (χ0) is 24.0. The summed E-state index contributed by atoms with van der Waals surface area (Å²) in [6, 6.07) is 8.91. The third kappa shape index (κ3) is 3.85. The molecule has 3 heterocycles. The van der Waals surface area contributed by atoms with Gasteiger partial charge in [0.05, 0.1) is 11.2 Å². The van der Waals surface area contributed by atoms with Crippen molar-refractivity contribution in [1.29, 1.82) is 0 Å². The van der Waals surface area contributed by atoms with Gasteiger partial charge in [0.1, 0.15) is 23.5 Å². The zero-order valence-corrected chi connectivity index (χ0v) is 19.0. The number of fused-ring (bicyclic) bond motifs is 1. The molecule has 4 aromatic rings. The molecular formula is C24H26F3N7. The van der Waals surface area contributed by atoms with Crippen LogP contribution in [0.2, 0.25) is 0 Å². The van der Waals surface area contributed by atoms with Crippen LogP contribution >= 0.6 is 0 Å². The largest absolute Gasteiger partial charge is 0.433 e. The summed E-state index contributed by atoms with van der Waals surface area (Å²) >= 11 is 0. The van der Waals surface area contributed by atoms with E-state index in [0.29, 0.717) is 22.5 Å². The van der Waals surface area contributed by atoms with E-state index in [9.17, 15) is 13.2 Å². The van der Waals surface area contributed by atoms with Gasteiger partial charge in [-0.15, -0.1) is 10.2 Å². The van der Waals surface area contributed by atoms with Crippen molar-refractivity contribution in [1.82, 2.24) is 29.9 Å². The Morgan fingerprint density at radius 2 is 2.03 bits per heavy atom. The molecule has 1 saturated carbocycles. The fraction of sp³-hybridized carbons (Fsp3) is 0.417. The van der Waals surface area contributed by atoms with Gasteiger partial charge in [-0.25, -0.2) is 4.98 Å². The van der Waals surface area contributed by atoms with Gasteiger partial charge in [-0.2, -0.15) is 18.3 Å². The summed E-state index contributed by atoms with van der Waals surface area (Å²) in [4.78, 5) is 3.89. The van der Waals surface area contributed by atoms with Crippen LogP contribution in [0.15, 0.2) is 36.7 Å². The molecule has 1 aromatic carbocycles. The number of rotatable bonds is 6. The summed E-state index contributed by atoms with van der Waals surface area (Å²) in [5.74, 6) is 1.04. The van der Waals surface area contributed by atoms with Gasteiger partial charge >= 0.3 is 6.18 Å². The van der Waals surface area contributed by atoms with Crippen LogP contribution in [0.25, 0.3) is 22.2 Å². The van der Waals surface area contributed by atoms with Crippen LogP contribution in [-0.2, 0) is 13.2 Å². The number of benzene rings is 1. The zero-order valence-electron chi connectivity index (χ0n) is 19.0. The number of nitrogens with one attached hydrogen (secondary N) is 1. The molecule has 34 heavy (non-hydrogen) atoms. The lowest BCUT2D eigenvalue weighted by Gasteiger charge is -2.33. The number of aryl methyl sites for hydroxylation is 1. The van der Waals surface area contributed by atoms with Gasteiger partial charge in [0, 0.05) is 36.4 Å². The van der Waals surface area contributed by atoms with E-state index < -0.39 is 11.9 Å². The molecule has 178 valence electrons. The minimum atomic E-state index is -4.58. The molecule has 0 bridgehead atoms. The maximum absolute atomic E-state index is 13.7. The Balaban J connectivity index is 1.65. The van der Waals surface area contributed by atoms with Gasteiger partial charge in [0.25, 0.3) is 0 Å². The molecule has 0 aliphatic heterocycles. The first-order valence-electron chi connectivity index (χ1n) is 11.4. The number of aromatic nitrogens is 6. The fourth-order valence-electron chi connectivity index (χ4n) is 4.73. The molecule has 0 amide bonds. The number of halogens is 3. The van der Waals surface area contributed by atoms with Gasteiger partial charge < -0.3 is 10.3 Å². The molecule has 3 aromatic heterocycles. The highest BCUT2D eigenvalue weighted by atomic mass is 19.4. The van der Waals surface area contributed by atoms with Crippen molar-refractivity contribution in [2.75, 3.05) is 6.54 Å². The van der Waals surface area contributed by atoms with E-state index in [1.165, 1.54) is 6.42 Å². The molecule has 0 saturated heterocycles. The van der Waals surface area contributed by atoms with E-state index in [-0.39, 0.29) is 24.1 Å². The van der Waals surface area contributed by atoms with Crippen molar-refractivity contribution in [2.45, 2.75) is 44.2 Å². The molecule has 1 fully saturated rings. The molecule has 0 radical (unpaired) electrons. The number of aromatic amines is 1. The standard InChI is InChI=1S/C24H26F3N7/c1-13(11-28)20-22-17(10-18(30-20)24(25,26)27)21(31-32-22)16-8-4-7-15(9-16)19(14-5-3-6-14)23-33-29-12-34(23)2/h4,7-10,12-14,19H,3,5-6,11,28H2,1-2H3,(H,31,32)/t13-,19+/m0/s1. The van der Waals surface area contributed by atoms with Gasteiger partial charge in [0.2, 0.25) is 0 Å². The average Bonchev–Trinajstić information content (AvgIpc) is 3.40. The first kappa shape index (κ1) is 22.5. The lowest BCUT2D eigenvalue weighted by atomic mass is 9.72. The normalized spacial score (nSPS) is 16.5. The molecule has 2 atom stereocenters. The first-order valence-corrected chi connectivity index (χ1v) is 11.4. The van der Waals surface area contributed by atoms with E-state index in [0.717, 1.165) is 35.9 Å². The van der Waals surface area contributed by atoms with Crippen LogP contribution in [0.1, 0.15) is 60.8 Å². The van der Waals surface area contributed by atoms with Crippen molar-refractivity contribution < 1.29 is 13.2 Å². The second kappa shape index (κ2) is 8.50. The number of hydrogen-bond acceptors (Lipinski definition) is 5. The molecule has 1 aliphatic carbocycles. The fourth-order valence-corrected chi connectivity index (χ4v) is 4.73. The second-order valence-corrected chi connectivity index (χ2v) is 9.12. The molecule has 5 rings (SSSR count). The summed E-state index contributed by atoms with van der Waals surface area (Å²) in [5.41, 5.74) is 7.82. The lowest BCUT2D eigenvalue weighted by Crippen LogP contribution is -2.24. The van der Waals surface area contributed by atoms with E-state index >= 15 is 0 Å². The number of nitrogens with two attached hydrogens (primary N) is 1. The molecule has 10 heteroatoms. The van der Waals surface area contributed by atoms with E-state index in [4.69, 9.17) is 5.73 Å². The maximum atomic E-state index is 13.7.